The van der Waals surface area contributed by atoms with Crippen LogP contribution in [0.4, 0.5) is 17.1 Å². The van der Waals surface area contributed by atoms with Gasteiger partial charge in [-0.15, -0.1) is 0 Å². The molecule has 0 atom stereocenters. The Kier molecular flexibility index (Phi) is 8.60. The number of sulfonamides is 1. The van der Waals surface area contributed by atoms with E-state index in [-0.39, 0.29) is 28.3 Å². The van der Waals surface area contributed by atoms with Crippen molar-refractivity contribution in [3.05, 3.63) is 81.9 Å². The second kappa shape index (κ2) is 11.5. The minimum atomic E-state index is -3.99. The van der Waals surface area contributed by atoms with Crippen molar-refractivity contribution in [3.8, 4) is 0 Å². The smallest absolute Gasteiger partial charge is 0.338 e. The summed E-state index contributed by atoms with van der Waals surface area (Å²) in [5, 5.41) is 5.96. The van der Waals surface area contributed by atoms with Crippen LogP contribution in [0.1, 0.15) is 56.8 Å². The zero-order valence-electron chi connectivity index (χ0n) is 22.0. The number of hydrogen-bond donors (Lipinski definition) is 3. The Bertz CT molecular complexity index is 1420. The summed E-state index contributed by atoms with van der Waals surface area (Å²) in [7, 11) is -3.99. The molecule has 0 aliphatic heterocycles. The lowest BCUT2D eigenvalue weighted by molar-refractivity contribution is 0.0526. The Morgan fingerprint density at radius 2 is 1.49 bits per heavy atom. The van der Waals surface area contributed by atoms with Crippen LogP contribution >= 0.6 is 0 Å². The average Bonchev–Trinajstić information content (AvgIpc) is 2.84. The highest BCUT2D eigenvalue weighted by Gasteiger charge is 2.24. The fourth-order valence-corrected chi connectivity index (χ4v) is 5.77. The summed E-state index contributed by atoms with van der Waals surface area (Å²) in [6.07, 6.45) is 0. The number of para-hydroxylation sites is 1. The maximum absolute atomic E-state index is 13.5. The Labute approximate surface area is 218 Å². The standard InChI is InChI=1S/C28H33N3O5S/c1-7-29-24-14-13-21(28(33)36-8-2)16-25(24)30-27(32)22-11-9-10-12-23(22)31-37(34,35)26-19(5)17(3)15-18(4)20(26)6/h9-16,29,31H,7-8H2,1-6H3,(H,30,32). The highest BCUT2D eigenvalue weighted by molar-refractivity contribution is 7.92. The number of carbonyl (C=O) groups excluding carboxylic acids is 2. The number of ether oxygens (including phenoxy) is 1. The second-order valence-corrected chi connectivity index (χ2v) is 10.3. The number of nitrogens with one attached hydrogen (secondary N) is 3. The largest absolute Gasteiger partial charge is 0.462 e. The number of esters is 1. The number of anilines is 3. The van der Waals surface area contributed by atoms with Gasteiger partial charge in [0.05, 0.1) is 39.7 Å². The first-order valence-corrected chi connectivity index (χ1v) is 13.5. The van der Waals surface area contributed by atoms with Crippen LogP contribution in [0, 0.1) is 27.7 Å². The van der Waals surface area contributed by atoms with Crippen molar-refractivity contribution in [2.45, 2.75) is 46.4 Å². The van der Waals surface area contributed by atoms with Crippen molar-refractivity contribution in [2.24, 2.45) is 0 Å². The van der Waals surface area contributed by atoms with Gasteiger partial charge in [-0.1, -0.05) is 18.2 Å². The number of aryl methyl sites for hydroxylation is 2. The van der Waals surface area contributed by atoms with Crippen molar-refractivity contribution in [1.29, 1.82) is 0 Å². The molecule has 3 rings (SSSR count). The van der Waals surface area contributed by atoms with Crippen molar-refractivity contribution < 1.29 is 22.7 Å². The van der Waals surface area contributed by atoms with Gasteiger partial charge in [0.25, 0.3) is 15.9 Å². The van der Waals surface area contributed by atoms with Crippen molar-refractivity contribution in [1.82, 2.24) is 0 Å². The maximum Gasteiger partial charge on any atom is 0.338 e. The SMILES string of the molecule is CCNc1ccc(C(=O)OCC)cc1NC(=O)c1ccccc1NS(=O)(=O)c1c(C)c(C)cc(C)c1C. The fourth-order valence-electron chi connectivity index (χ4n) is 4.07. The lowest BCUT2D eigenvalue weighted by Crippen LogP contribution is -2.21. The van der Waals surface area contributed by atoms with Crippen LogP contribution in [0.15, 0.2) is 53.4 Å². The first-order chi connectivity index (χ1) is 17.5. The number of hydrogen-bond acceptors (Lipinski definition) is 6. The number of amides is 1. The normalized spacial score (nSPS) is 11.1. The molecule has 0 spiro atoms. The zero-order chi connectivity index (χ0) is 27.3. The van der Waals surface area contributed by atoms with E-state index in [9.17, 15) is 18.0 Å². The second-order valence-electron chi connectivity index (χ2n) is 8.71. The molecule has 196 valence electrons. The summed E-state index contributed by atoms with van der Waals surface area (Å²) < 4.78 is 34.7. The Morgan fingerprint density at radius 1 is 0.838 bits per heavy atom. The quantitative estimate of drug-likeness (QED) is 0.316. The molecule has 0 bridgehead atoms. The van der Waals surface area contributed by atoms with Crippen LogP contribution in [0.2, 0.25) is 0 Å². The molecule has 3 N–H and O–H groups in total. The monoisotopic (exact) mass is 523 g/mol. The third-order valence-electron chi connectivity index (χ3n) is 6.13. The molecule has 0 aromatic heterocycles. The molecule has 0 aliphatic rings. The molecule has 0 aliphatic carbocycles. The molecule has 3 aromatic carbocycles. The molecule has 9 heteroatoms. The van der Waals surface area contributed by atoms with E-state index in [1.54, 1.807) is 51.1 Å². The van der Waals surface area contributed by atoms with Crippen molar-refractivity contribution in [3.63, 3.8) is 0 Å². The van der Waals surface area contributed by atoms with E-state index < -0.39 is 21.9 Å². The summed E-state index contributed by atoms with van der Waals surface area (Å²) in [4.78, 5) is 25.8. The molecule has 0 saturated carbocycles. The van der Waals surface area contributed by atoms with E-state index in [1.165, 1.54) is 12.1 Å². The van der Waals surface area contributed by atoms with E-state index in [1.807, 2.05) is 26.8 Å². The molecule has 37 heavy (non-hydrogen) atoms. The minimum absolute atomic E-state index is 0.134. The van der Waals surface area contributed by atoms with Crippen LogP contribution in [0.5, 0.6) is 0 Å². The van der Waals surface area contributed by atoms with Gasteiger partial charge in [0, 0.05) is 6.54 Å². The van der Waals surface area contributed by atoms with Crippen LogP contribution in [0.3, 0.4) is 0 Å². The Hall–Kier alpha value is -3.85. The van der Waals surface area contributed by atoms with Crippen molar-refractivity contribution >= 4 is 39.0 Å². The summed E-state index contributed by atoms with van der Waals surface area (Å²) in [5.41, 5.74) is 4.60. The van der Waals surface area contributed by atoms with E-state index in [2.05, 4.69) is 15.4 Å². The van der Waals surface area contributed by atoms with Crippen LogP contribution in [-0.2, 0) is 14.8 Å². The van der Waals surface area contributed by atoms with Gasteiger partial charge < -0.3 is 15.4 Å². The van der Waals surface area contributed by atoms with E-state index >= 15 is 0 Å². The topological polar surface area (TPSA) is 114 Å². The summed E-state index contributed by atoms with van der Waals surface area (Å²) in [6.45, 7) is 11.7. The molecule has 3 aromatic rings. The molecular formula is C28H33N3O5S. The van der Waals surface area contributed by atoms with Gasteiger partial charge >= 0.3 is 5.97 Å². The highest BCUT2D eigenvalue weighted by atomic mass is 32.2. The Morgan fingerprint density at radius 3 is 2.11 bits per heavy atom. The van der Waals surface area contributed by atoms with Gasteiger partial charge in [0.15, 0.2) is 0 Å². The molecule has 0 radical (unpaired) electrons. The fraction of sp³-hybridized carbons (Fsp3) is 0.286. The van der Waals surface area contributed by atoms with Crippen LogP contribution < -0.4 is 15.4 Å². The summed E-state index contributed by atoms with van der Waals surface area (Å²) in [5.74, 6) is -1.04. The first kappa shape index (κ1) is 27.7. The van der Waals surface area contributed by atoms with E-state index in [0.717, 1.165) is 11.1 Å². The molecule has 8 nitrogen and oxygen atoms in total. The number of carbonyl (C=O) groups is 2. The summed E-state index contributed by atoms with van der Waals surface area (Å²) in [6, 6.07) is 13.2. The van der Waals surface area contributed by atoms with Crippen molar-refractivity contribution in [2.75, 3.05) is 28.5 Å². The number of benzene rings is 3. The summed E-state index contributed by atoms with van der Waals surface area (Å²) >= 11 is 0. The third-order valence-corrected chi connectivity index (χ3v) is 7.77. The molecule has 0 fully saturated rings. The predicted molar refractivity (Wildman–Crippen MR) is 147 cm³/mol. The molecular weight excluding hydrogens is 490 g/mol. The molecule has 0 heterocycles. The van der Waals surface area contributed by atoms with Gasteiger partial charge in [-0.2, -0.15) is 0 Å². The minimum Gasteiger partial charge on any atom is -0.462 e. The molecule has 0 unspecified atom stereocenters. The maximum atomic E-state index is 13.5. The zero-order valence-corrected chi connectivity index (χ0v) is 22.8. The van der Waals surface area contributed by atoms with Gasteiger partial charge in [-0.05, 0) is 94.1 Å². The van der Waals surface area contributed by atoms with E-state index in [4.69, 9.17) is 4.74 Å². The first-order valence-electron chi connectivity index (χ1n) is 12.1. The lowest BCUT2D eigenvalue weighted by Gasteiger charge is -2.18. The van der Waals surface area contributed by atoms with Gasteiger partial charge in [-0.3, -0.25) is 9.52 Å². The molecule has 1 amide bonds. The van der Waals surface area contributed by atoms with E-state index in [0.29, 0.717) is 29.0 Å². The van der Waals surface area contributed by atoms with Crippen LogP contribution in [0.25, 0.3) is 0 Å². The average molecular weight is 524 g/mol. The lowest BCUT2D eigenvalue weighted by atomic mass is 10.0. The Balaban J connectivity index is 1.99. The van der Waals surface area contributed by atoms with Gasteiger partial charge in [0.2, 0.25) is 0 Å². The highest BCUT2D eigenvalue weighted by Crippen LogP contribution is 2.30. The number of rotatable bonds is 9. The van der Waals surface area contributed by atoms with Gasteiger partial charge in [0.1, 0.15) is 0 Å². The molecule has 0 saturated heterocycles. The van der Waals surface area contributed by atoms with Gasteiger partial charge in [-0.25, -0.2) is 13.2 Å². The third kappa shape index (κ3) is 6.11. The van der Waals surface area contributed by atoms with Crippen LogP contribution in [-0.4, -0.2) is 33.4 Å². The predicted octanol–water partition coefficient (Wildman–Crippen LogP) is 5.58.